The average Bonchev–Trinajstić information content (AvgIpc) is 0.811. The molecule has 0 unspecified atom stereocenters. The predicted octanol–water partition coefficient (Wildman–Crippen LogP) is -0.800. The van der Waals surface area contributed by atoms with Crippen LogP contribution in [0.25, 0.3) is 0 Å². The molecule has 0 rings (SSSR count). The van der Waals surface area contributed by atoms with Crippen molar-refractivity contribution in [3.05, 3.63) is 0 Å². The summed E-state index contributed by atoms with van der Waals surface area (Å²) in [6, 6.07) is 0. The van der Waals surface area contributed by atoms with Crippen LogP contribution in [0.1, 0.15) is 0 Å². The Morgan fingerprint density at radius 3 is 1.40 bits per heavy atom. The Balaban J connectivity index is 0. The van der Waals surface area contributed by atoms with E-state index in [0.717, 1.165) is 0 Å². The Morgan fingerprint density at radius 2 is 1.40 bits per heavy atom. The van der Waals surface area contributed by atoms with Crippen molar-refractivity contribution in [3.63, 3.8) is 0 Å². The summed E-state index contributed by atoms with van der Waals surface area (Å²) >= 11 is -3.69. The SMILES string of the molecule is [O]=[V](=[O])[OH].[Rh]. The van der Waals surface area contributed by atoms with Gasteiger partial charge in [-0.2, -0.15) is 0 Å². The predicted molar refractivity (Wildman–Crippen MR) is 3.59 cm³/mol. The van der Waals surface area contributed by atoms with Gasteiger partial charge < -0.3 is 0 Å². The first-order valence-electron chi connectivity index (χ1n) is 0.565. The first kappa shape index (κ1) is 9.24. The topological polar surface area (TPSA) is 54.4 Å². The molecule has 0 fully saturated rings. The molecule has 0 heterocycles. The van der Waals surface area contributed by atoms with Crippen LogP contribution >= 0.6 is 0 Å². The van der Waals surface area contributed by atoms with Crippen molar-refractivity contribution in [3.8, 4) is 0 Å². The first-order valence-corrected chi connectivity index (χ1v) is 2.33. The molecule has 33 valence electrons. The Labute approximate surface area is 46.5 Å². The molecule has 0 atom stereocenters. The van der Waals surface area contributed by atoms with Gasteiger partial charge in [0, 0.05) is 19.5 Å². The maximum absolute atomic E-state index is 8.67. The molecule has 0 aliphatic carbocycles. The van der Waals surface area contributed by atoms with Gasteiger partial charge in [-0.1, -0.05) is 0 Å². The summed E-state index contributed by atoms with van der Waals surface area (Å²) in [6.07, 6.45) is 0. The van der Waals surface area contributed by atoms with E-state index in [1.54, 1.807) is 0 Å². The van der Waals surface area contributed by atoms with Crippen LogP contribution < -0.4 is 0 Å². The molecule has 0 aromatic rings. The Hall–Kier alpha value is 0.768. The normalized spacial score (nSPS) is 5.00. The molecular weight excluding hydrogens is 202 g/mol. The Kier molecular flexibility index (Phi) is 8.81. The van der Waals surface area contributed by atoms with E-state index in [1.165, 1.54) is 0 Å². The van der Waals surface area contributed by atoms with Crippen molar-refractivity contribution in [2.75, 3.05) is 0 Å². The molecule has 0 aromatic carbocycles. The Morgan fingerprint density at radius 1 is 1.40 bits per heavy atom. The molecule has 1 N–H and O–H groups in total. The first-order chi connectivity index (χ1) is 1.73. The molecule has 5 heavy (non-hydrogen) atoms. The van der Waals surface area contributed by atoms with Gasteiger partial charge in [-0.3, -0.25) is 0 Å². The summed E-state index contributed by atoms with van der Waals surface area (Å²) in [5, 5.41) is 0. The largest absolute Gasteiger partial charge is 0 e. The summed E-state index contributed by atoms with van der Waals surface area (Å²) in [4.78, 5) is 0. The quantitative estimate of drug-likeness (QED) is 0.524. The summed E-state index contributed by atoms with van der Waals surface area (Å²) in [5.74, 6) is 0. The van der Waals surface area contributed by atoms with Crippen LogP contribution in [0, 0.1) is 0 Å². The van der Waals surface area contributed by atoms with Gasteiger partial charge in [0.15, 0.2) is 0 Å². The van der Waals surface area contributed by atoms with E-state index < -0.39 is 15.4 Å². The summed E-state index contributed by atoms with van der Waals surface area (Å²) in [6.45, 7) is 0. The standard InChI is InChI=1S/H2O.2O.Rh.V/h1H2;;;;/q;;;;+1/p-1. The minimum atomic E-state index is -3.69. The molecule has 0 aromatic heterocycles. The maximum Gasteiger partial charge on any atom is 0 e. The molecule has 0 aliphatic rings. The van der Waals surface area contributed by atoms with E-state index in [-0.39, 0.29) is 19.5 Å². The second-order valence-corrected chi connectivity index (χ2v) is 0.981. The average molecular weight is 203 g/mol. The van der Waals surface area contributed by atoms with E-state index in [9.17, 15) is 0 Å². The number of hydrogen-bond donors (Lipinski definition) is 1. The van der Waals surface area contributed by atoms with Gasteiger partial charge in [0.1, 0.15) is 0 Å². The zero-order chi connectivity index (χ0) is 3.58. The smallest absolute Gasteiger partial charge is 0 e. The molecule has 0 amide bonds. The van der Waals surface area contributed by atoms with Crippen LogP contribution in [0.2, 0.25) is 0 Å². The monoisotopic (exact) mass is 203 g/mol. The van der Waals surface area contributed by atoms with E-state index >= 15 is 0 Å². The zero-order valence-corrected chi connectivity index (χ0v) is 5.08. The van der Waals surface area contributed by atoms with Crippen LogP contribution in [0.3, 0.4) is 0 Å². The molecule has 3 nitrogen and oxygen atoms in total. The molecule has 1 radical (unpaired) electrons. The van der Waals surface area contributed by atoms with Gasteiger partial charge in [-0.15, -0.1) is 0 Å². The van der Waals surface area contributed by atoms with Crippen LogP contribution in [-0.2, 0) is 42.2 Å². The van der Waals surface area contributed by atoms with Crippen molar-refractivity contribution in [1.82, 2.24) is 0 Å². The zero-order valence-electron chi connectivity index (χ0n) is 2.04. The van der Waals surface area contributed by atoms with Crippen LogP contribution in [-0.4, -0.2) is 4.03 Å². The molecule has 0 bridgehead atoms. The fourth-order valence-electron chi connectivity index (χ4n) is 0. The van der Waals surface area contributed by atoms with Gasteiger partial charge in [-0.25, -0.2) is 0 Å². The van der Waals surface area contributed by atoms with Crippen LogP contribution in [0.5, 0.6) is 0 Å². The van der Waals surface area contributed by atoms with Crippen LogP contribution in [0.15, 0.2) is 0 Å². The van der Waals surface area contributed by atoms with Crippen LogP contribution in [0.4, 0.5) is 0 Å². The Bertz CT molecular complexity index is 55.3. The van der Waals surface area contributed by atoms with Gasteiger partial charge in [0.25, 0.3) is 0 Å². The van der Waals surface area contributed by atoms with Gasteiger partial charge >= 0.3 is 26.8 Å². The molecule has 0 spiro atoms. The van der Waals surface area contributed by atoms with Gasteiger partial charge in [0.2, 0.25) is 0 Å². The van der Waals surface area contributed by atoms with Crippen molar-refractivity contribution >= 4 is 0 Å². The van der Waals surface area contributed by atoms with Crippen molar-refractivity contribution in [2.45, 2.75) is 0 Å². The van der Waals surface area contributed by atoms with E-state index in [1.807, 2.05) is 0 Å². The summed E-state index contributed by atoms with van der Waals surface area (Å²) in [7, 11) is 0. The second-order valence-electron chi connectivity index (χ2n) is 0.238. The van der Waals surface area contributed by atoms with Gasteiger partial charge in [0.05, 0.1) is 0 Å². The molecule has 0 saturated heterocycles. The molecule has 5 heteroatoms. The van der Waals surface area contributed by atoms with Crippen molar-refractivity contribution < 1.29 is 46.3 Å². The van der Waals surface area contributed by atoms with Crippen molar-refractivity contribution in [1.29, 1.82) is 0 Å². The minimum Gasteiger partial charge on any atom is 0 e. The fraction of sp³-hybridized carbons (Fsp3) is 0. The molecular formula is HO3RhV. The second kappa shape index (κ2) is 4.77. The maximum atomic E-state index is 8.67. The van der Waals surface area contributed by atoms with Crippen molar-refractivity contribution in [2.24, 2.45) is 0 Å². The fourth-order valence-corrected chi connectivity index (χ4v) is 0. The molecule has 0 saturated carbocycles. The number of hydrogen-bond acceptors (Lipinski definition) is 2. The van der Waals surface area contributed by atoms with E-state index in [4.69, 9.17) is 11.4 Å². The third kappa shape index (κ3) is 62.0. The third-order valence-corrected chi connectivity index (χ3v) is 0. The summed E-state index contributed by atoms with van der Waals surface area (Å²) in [5.41, 5.74) is 0. The number of rotatable bonds is 0. The molecule has 0 aliphatic heterocycles. The van der Waals surface area contributed by atoms with Gasteiger partial charge in [-0.05, 0) is 0 Å². The van der Waals surface area contributed by atoms with E-state index in [0.29, 0.717) is 0 Å². The minimum absolute atomic E-state index is 0. The third-order valence-electron chi connectivity index (χ3n) is 0. The summed E-state index contributed by atoms with van der Waals surface area (Å²) < 4.78 is 24.4. The van der Waals surface area contributed by atoms with E-state index in [2.05, 4.69) is 0 Å².